The number of hydrogen-bond acceptors (Lipinski definition) is 3. The number of hydrogen-bond donors (Lipinski definition) is 0. The summed E-state index contributed by atoms with van der Waals surface area (Å²) >= 11 is 0. The van der Waals surface area contributed by atoms with Gasteiger partial charge in [-0.2, -0.15) is 5.10 Å². The molecule has 0 spiro atoms. The third-order valence-corrected chi connectivity index (χ3v) is 1.79. The van der Waals surface area contributed by atoms with Crippen LogP contribution in [0.1, 0.15) is 17.4 Å². The summed E-state index contributed by atoms with van der Waals surface area (Å²) in [4.78, 5) is 13.4. The Bertz CT molecular complexity index is 339. The molecule has 1 rings (SSSR count). The molecule has 0 unspecified atom stereocenters. The molecule has 0 aliphatic carbocycles. The molecule has 1 aromatic rings. The molecule has 0 N–H and O–H groups in total. The molecule has 76 valence electrons. The van der Waals surface area contributed by atoms with Crippen LogP contribution in [-0.4, -0.2) is 34.6 Å². The maximum Gasteiger partial charge on any atom is 0.205 e. The summed E-state index contributed by atoms with van der Waals surface area (Å²) in [7, 11) is 3.75. The van der Waals surface area contributed by atoms with Crippen molar-refractivity contribution in [2.24, 2.45) is 0 Å². The highest BCUT2D eigenvalue weighted by molar-refractivity contribution is 6.03. The van der Waals surface area contributed by atoms with Crippen LogP contribution in [0.15, 0.2) is 24.5 Å². The van der Waals surface area contributed by atoms with Crippen molar-refractivity contribution >= 4 is 5.78 Å². The van der Waals surface area contributed by atoms with Crippen molar-refractivity contribution in [1.82, 2.24) is 14.7 Å². The topological polar surface area (TPSA) is 38.1 Å². The van der Waals surface area contributed by atoms with Crippen molar-refractivity contribution in [3.8, 4) is 0 Å². The molecule has 1 aromatic heterocycles. The van der Waals surface area contributed by atoms with Crippen LogP contribution in [0.5, 0.6) is 0 Å². The minimum Gasteiger partial charge on any atom is -0.383 e. The molecular formula is C10H15N3O. The Balaban J connectivity index is 2.79. The first-order valence-electron chi connectivity index (χ1n) is 4.56. The van der Waals surface area contributed by atoms with E-state index >= 15 is 0 Å². The average molecular weight is 193 g/mol. The molecule has 4 heteroatoms. The minimum absolute atomic E-state index is 0.0157. The number of nitrogens with zero attached hydrogens (tertiary/aromatic N) is 3. The molecule has 0 atom stereocenters. The van der Waals surface area contributed by atoms with E-state index in [-0.39, 0.29) is 5.78 Å². The van der Waals surface area contributed by atoms with Crippen molar-refractivity contribution in [3.63, 3.8) is 0 Å². The Morgan fingerprint density at radius 3 is 2.93 bits per heavy atom. The molecule has 14 heavy (non-hydrogen) atoms. The molecular weight excluding hydrogens is 178 g/mol. The SMILES string of the molecule is CCn1nccc1C(=O)/C=C/N(C)C. The average Bonchev–Trinajstić information content (AvgIpc) is 2.61. The second-order valence-electron chi connectivity index (χ2n) is 3.18. The van der Waals surface area contributed by atoms with Gasteiger partial charge in [-0.15, -0.1) is 0 Å². The fourth-order valence-electron chi connectivity index (χ4n) is 1.10. The summed E-state index contributed by atoms with van der Waals surface area (Å²) in [5.41, 5.74) is 0.630. The van der Waals surface area contributed by atoms with Gasteiger partial charge < -0.3 is 4.90 Å². The molecule has 0 bridgehead atoms. The predicted octanol–water partition coefficient (Wildman–Crippen LogP) is 1.16. The van der Waals surface area contributed by atoms with Gasteiger partial charge in [-0.1, -0.05) is 0 Å². The van der Waals surface area contributed by atoms with E-state index in [0.717, 1.165) is 0 Å². The lowest BCUT2D eigenvalue weighted by Gasteiger charge is -2.03. The monoisotopic (exact) mass is 193 g/mol. The molecule has 4 nitrogen and oxygen atoms in total. The van der Waals surface area contributed by atoms with Crippen molar-refractivity contribution in [3.05, 3.63) is 30.2 Å². The van der Waals surface area contributed by atoms with Crippen LogP contribution < -0.4 is 0 Å². The zero-order valence-corrected chi connectivity index (χ0v) is 8.77. The molecule has 0 amide bonds. The Hall–Kier alpha value is -1.58. The highest BCUT2D eigenvalue weighted by Crippen LogP contribution is 2.01. The normalized spacial score (nSPS) is 10.8. The lowest BCUT2D eigenvalue weighted by molar-refractivity contribution is 0.103. The summed E-state index contributed by atoms with van der Waals surface area (Å²) in [6.45, 7) is 2.67. The molecule has 0 aromatic carbocycles. The van der Waals surface area contributed by atoms with E-state index < -0.39 is 0 Å². The lowest BCUT2D eigenvalue weighted by Crippen LogP contribution is -2.09. The summed E-state index contributed by atoms with van der Waals surface area (Å²) in [5.74, 6) is -0.0157. The quantitative estimate of drug-likeness (QED) is 0.532. The molecule has 0 aliphatic rings. The van der Waals surface area contributed by atoms with Gasteiger partial charge in [0.2, 0.25) is 5.78 Å². The van der Waals surface area contributed by atoms with E-state index in [4.69, 9.17) is 0 Å². The Morgan fingerprint density at radius 2 is 2.36 bits per heavy atom. The minimum atomic E-state index is -0.0157. The van der Waals surface area contributed by atoms with Crippen LogP contribution in [0.25, 0.3) is 0 Å². The Morgan fingerprint density at radius 1 is 1.64 bits per heavy atom. The summed E-state index contributed by atoms with van der Waals surface area (Å²) in [6, 6.07) is 1.73. The summed E-state index contributed by atoms with van der Waals surface area (Å²) in [6.07, 6.45) is 4.92. The number of aromatic nitrogens is 2. The summed E-state index contributed by atoms with van der Waals surface area (Å²) in [5, 5.41) is 4.03. The highest BCUT2D eigenvalue weighted by Gasteiger charge is 2.06. The van der Waals surface area contributed by atoms with Gasteiger partial charge in [0.05, 0.1) is 0 Å². The lowest BCUT2D eigenvalue weighted by atomic mass is 10.3. The molecule has 0 aliphatic heterocycles. The van der Waals surface area contributed by atoms with E-state index in [9.17, 15) is 4.79 Å². The van der Waals surface area contributed by atoms with E-state index in [1.54, 1.807) is 29.2 Å². The number of carbonyl (C=O) groups is 1. The van der Waals surface area contributed by atoms with Gasteiger partial charge >= 0.3 is 0 Å². The second-order valence-corrected chi connectivity index (χ2v) is 3.18. The number of allylic oxidation sites excluding steroid dienone is 1. The van der Waals surface area contributed by atoms with E-state index in [0.29, 0.717) is 12.2 Å². The molecule has 0 saturated carbocycles. The van der Waals surface area contributed by atoms with Crippen LogP contribution in [0.4, 0.5) is 0 Å². The van der Waals surface area contributed by atoms with Crippen molar-refractivity contribution in [2.75, 3.05) is 14.1 Å². The molecule has 0 saturated heterocycles. The van der Waals surface area contributed by atoms with Crippen LogP contribution in [-0.2, 0) is 6.54 Å². The first-order chi connectivity index (χ1) is 6.65. The highest BCUT2D eigenvalue weighted by atomic mass is 16.1. The standard InChI is InChI=1S/C10H15N3O/c1-4-13-9(5-7-11-13)10(14)6-8-12(2)3/h5-8H,4H2,1-3H3/b8-6+. The predicted molar refractivity (Wildman–Crippen MR) is 55.1 cm³/mol. The second kappa shape index (κ2) is 4.60. The fourth-order valence-corrected chi connectivity index (χ4v) is 1.10. The molecule has 0 fully saturated rings. The smallest absolute Gasteiger partial charge is 0.205 e. The van der Waals surface area contributed by atoms with Crippen LogP contribution >= 0.6 is 0 Å². The number of carbonyl (C=O) groups excluding carboxylic acids is 1. The Kier molecular flexibility index (Phi) is 3.45. The van der Waals surface area contributed by atoms with Gasteiger partial charge in [0.1, 0.15) is 5.69 Å². The maximum atomic E-state index is 11.6. The van der Waals surface area contributed by atoms with Crippen molar-refractivity contribution < 1.29 is 4.79 Å². The van der Waals surface area contributed by atoms with Gasteiger partial charge in [-0.25, -0.2) is 0 Å². The van der Waals surface area contributed by atoms with Crippen molar-refractivity contribution in [1.29, 1.82) is 0 Å². The Labute approximate surface area is 83.8 Å². The number of rotatable bonds is 4. The first kappa shape index (κ1) is 10.5. The van der Waals surface area contributed by atoms with E-state index in [1.165, 1.54) is 0 Å². The van der Waals surface area contributed by atoms with E-state index in [2.05, 4.69) is 5.10 Å². The molecule has 0 radical (unpaired) electrons. The zero-order chi connectivity index (χ0) is 10.6. The third kappa shape index (κ3) is 2.45. The van der Waals surface area contributed by atoms with Gasteiger partial charge in [0.25, 0.3) is 0 Å². The van der Waals surface area contributed by atoms with Gasteiger partial charge in [0, 0.05) is 39.1 Å². The van der Waals surface area contributed by atoms with Crippen molar-refractivity contribution in [2.45, 2.75) is 13.5 Å². The third-order valence-electron chi connectivity index (χ3n) is 1.79. The number of aryl methyl sites for hydroxylation is 1. The molecule has 1 heterocycles. The van der Waals surface area contributed by atoms with E-state index in [1.807, 2.05) is 25.9 Å². The first-order valence-corrected chi connectivity index (χ1v) is 4.56. The fraction of sp³-hybridized carbons (Fsp3) is 0.400. The summed E-state index contributed by atoms with van der Waals surface area (Å²) < 4.78 is 1.68. The van der Waals surface area contributed by atoms with Gasteiger partial charge in [-0.05, 0) is 13.0 Å². The van der Waals surface area contributed by atoms with Gasteiger partial charge in [-0.3, -0.25) is 9.48 Å². The van der Waals surface area contributed by atoms with Crippen LogP contribution in [0, 0.1) is 0 Å². The van der Waals surface area contributed by atoms with Crippen LogP contribution in [0.2, 0.25) is 0 Å². The zero-order valence-electron chi connectivity index (χ0n) is 8.77. The van der Waals surface area contributed by atoms with Crippen LogP contribution in [0.3, 0.4) is 0 Å². The van der Waals surface area contributed by atoms with Gasteiger partial charge in [0.15, 0.2) is 0 Å². The number of ketones is 1. The largest absolute Gasteiger partial charge is 0.383 e. The maximum absolute atomic E-state index is 11.6.